The fraction of sp³-hybridized carbons (Fsp3) is 0.467. The first-order valence-corrected chi connectivity index (χ1v) is 7.96. The molecule has 7 heteroatoms. The second-order valence-corrected chi connectivity index (χ2v) is 6.90. The number of anilines is 1. The van der Waals surface area contributed by atoms with E-state index in [2.05, 4.69) is 21.2 Å². The number of halogens is 2. The van der Waals surface area contributed by atoms with Gasteiger partial charge in [-0.05, 0) is 37.0 Å². The number of likely N-dealkylation sites (tertiary alicyclic amines) is 1. The van der Waals surface area contributed by atoms with Gasteiger partial charge < -0.3 is 15.3 Å². The van der Waals surface area contributed by atoms with Crippen LogP contribution in [-0.2, 0) is 4.79 Å². The number of hydrogen-bond acceptors (Lipinski definition) is 2. The van der Waals surface area contributed by atoms with E-state index in [9.17, 15) is 19.1 Å². The third kappa shape index (κ3) is 2.47. The van der Waals surface area contributed by atoms with Gasteiger partial charge in [0, 0.05) is 17.6 Å². The number of rotatable bonds is 2. The largest absolute Gasteiger partial charge is 0.481 e. The molecule has 2 amide bonds. The SMILES string of the molecule is O=C(Nc1cc(Br)ccc1F)N1C[C@@H]2CCC[C@@]2(C(=O)O)C1. The summed E-state index contributed by atoms with van der Waals surface area (Å²) in [6.45, 7) is 0.599. The minimum Gasteiger partial charge on any atom is -0.481 e. The summed E-state index contributed by atoms with van der Waals surface area (Å²) in [5.74, 6) is -1.37. The van der Waals surface area contributed by atoms with Gasteiger partial charge in [0.05, 0.1) is 11.1 Å². The molecular formula is C15H16BrFN2O3. The van der Waals surface area contributed by atoms with Gasteiger partial charge in [-0.3, -0.25) is 4.79 Å². The zero-order valence-electron chi connectivity index (χ0n) is 11.8. The van der Waals surface area contributed by atoms with Crippen LogP contribution < -0.4 is 5.32 Å². The van der Waals surface area contributed by atoms with Crippen molar-refractivity contribution in [2.24, 2.45) is 11.3 Å². The molecule has 2 aliphatic rings. The number of carboxylic acids is 1. The topological polar surface area (TPSA) is 69.6 Å². The standard InChI is InChI=1S/C15H16BrFN2O3/c16-10-3-4-11(17)12(6-10)18-14(22)19-7-9-2-1-5-15(9,8-19)13(20)21/h3-4,6,9H,1-2,5,7-8H2,(H,18,22)(H,20,21)/t9-,15+/m0/s1. The Morgan fingerprint density at radius 1 is 1.45 bits per heavy atom. The molecule has 1 aliphatic heterocycles. The van der Waals surface area contributed by atoms with Crippen LogP contribution in [0.1, 0.15) is 19.3 Å². The van der Waals surface area contributed by atoms with Crippen molar-refractivity contribution in [1.82, 2.24) is 4.90 Å². The number of urea groups is 1. The third-order valence-electron chi connectivity index (χ3n) is 4.75. The summed E-state index contributed by atoms with van der Waals surface area (Å²) < 4.78 is 14.4. The van der Waals surface area contributed by atoms with Crippen LogP contribution in [0.3, 0.4) is 0 Å². The summed E-state index contributed by atoms with van der Waals surface area (Å²) in [5.41, 5.74) is -0.742. The van der Waals surface area contributed by atoms with Crippen LogP contribution in [0.15, 0.2) is 22.7 Å². The van der Waals surface area contributed by atoms with E-state index in [0.29, 0.717) is 17.4 Å². The molecule has 1 aromatic rings. The number of hydrogen-bond donors (Lipinski definition) is 2. The van der Waals surface area contributed by atoms with Crippen LogP contribution in [0.4, 0.5) is 14.9 Å². The molecule has 118 valence electrons. The van der Waals surface area contributed by atoms with Crippen molar-refractivity contribution in [3.63, 3.8) is 0 Å². The van der Waals surface area contributed by atoms with E-state index in [1.54, 1.807) is 6.07 Å². The van der Waals surface area contributed by atoms with Crippen LogP contribution in [0.5, 0.6) is 0 Å². The summed E-state index contributed by atoms with van der Waals surface area (Å²) >= 11 is 3.23. The van der Waals surface area contributed by atoms with Crippen LogP contribution in [0.25, 0.3) is 0 Å². The monoisotopic (exact) mass is 370 g/mol. The summed E-state index contributed by atoms with van der Waals surface area (Å²) in [4.78, 5) is 25.4. The summed E-state index contributed by atoms with van der Waals surface area (Å²) in [6, 6.07) is 3.84. The Kier molecular flexibility index (Phi) is 3.84. The number of benzene rings is 1. The first kappa shape index (κ1) is 15.3. The van der Waals surface area contributed by atoms with Crippen molar-refractivity contribution in [2.45, 2.75) is 19.3 Å². The van der Waals surface area contributed by atoms with E-state index < -0.39 is 23.2 Å². The van der Waals surface area contributed by atoms with Gasteiger partial charge in [-0.1, -0.05) is 22.4 Å². The number of nitrogens with one attached hydrogen (secondary N) is 1. The lowest BCUT2D eigenvalue weighted by Gasteiger charge is -2.23. The van der Waals surface area contributed by atoms with Crippen molar-refractivity contribution in [2.75, 3.05) is 18.4 Å². The number of fused-ring (bicyclic) bond motifs is 1. The normalized spacial score (nSPS) is 26.8. The highest BCUT2D eigenvalue weighted by Crippen LogP contribution is 2.48. The summed E-state index contributed by atoms with van der Waals surface area (Å²) in [7, 11) is 0. The molecule has 0 bridgehead atoms. The highest BCUT2D eigenvalue weighted by atomic mass is 79.9. The van der Waals surface area contributed by atoms with Gasteiger partial charge in [-0.2, -0.15) is 0 Å². The average molecular weight is 371 g/mol. The lowest BCUT2D eigenvalue weighted by molar-refractivity contribution is -0.149. The molecule has 1 saturated heterocycles. The van der Waals surface area contributed by atoms with Crippen molar-refractivity contribution in [3.05, 3.63) is 28.5 Å². The third-order valence-corrected chi connectivity index (χ3v) is 5.25. The smallest absolute Gasteiger partial charge is 0.321 e. The number of carbonyl (C=O) groups excluding carboxylic acids is 1. The quantitative estimate of drug-likeness (QED) is 0.838. The molecule has 3 rings (SSSR count). The molecule has 0 spiro atoms. The van der Waals surface area contributed by atoms with Gasteiger partial charge in [0.1, 0.15) is 5.82 Å². The van der Waals surface area contributed by atoms with Crippen molar-refractivity contribution < 1.29 is 19.1 Å². The van der Waals surface area contributed by atoms with Crippen molar-refractivity contribution >= 4 is 33.6 Å². The molecule has 0 aromatic heterocycles. The zero-order chi connectivity index (χ0) is 15.9. The Morgan fingerprint density at radius 2 is 2.23 bits per heavy atom. The zero-order valence-corrected chi connectivity index (χ0v) is 13.4. The summed E-state index contributed by atoms with van der Waals surface area (Å²) in [5, 5.41) is 12.0. The van der Waals surface area contributed by atoms with E-state index in [-0.39, 0.29) is 18.2 Å². The fourth-order valence-corrected chi connectivity index (χ4v) is 3.94. The summed E-state index contributed by atoms with van der Waals surface area (Å²) in [6.07, 6.45) is 2.30. The van der Waals surface area contributed by atoms with Crippen LogP contribution in [0.2, 0.25) is 0 Å². The molecule has 5 nitrogen and oxygen atoms in total. The predicted octanol–water partition coefficient (Wildman–Crippen LogP) is 3.31. The molecule has 1 aromatic carbocycles. The van der Waals surface area contributed by atoms with Gasteiger partial charge >= 0.3 is 12.0 Å². The molecule has 2 N–H and O–H groups in total. The van der Waals surface area contributed by atoms with E-state index in [1.807, 2.05) is 0 Å². The highest BCUT2D eigenvalue weighted by molar-refractivity contribution is 9.10. The minimum atomic E-state index is -0.834. The second kappa shape index (κ2) is 5.53. The minimum absolute atomic E-state index is 0.0110. The molecule has 0 unspecified atom stereocenters. The van der Waals surface area contributed by atoms with Gasteiger partial charge in [-0.25, -0.2) is 9.18 Å². The number of amides is 2. The molecule has 1 heterocycles. The number of carboxylic acid groups (broad SMARTS) is 1. The first-order chi connectivity index (χ1) is 10.4. The van der Waals surface area contributed by atoms with Gasteiger partial charge in [-0.15, -0.1) is 0 Å². The van der Waals surface area contributed by atoms with E-state index in [0.717, 1.165) is 12.8 Å². The Hall–Kier alpha value is -1.63. The lowest BCUT2D eigenvalue weighted by atomic mass is 9.81. The number of carbonyl (C=O) groups is 2. The Labute approximate surface area is 135 Å². The maximum absolute atomic E-state index is 13.7. The van der Waals surface area contributed by atoms with Gasteiger partial charge in [0.2, 0.25) is 0 Å². The predicted molar refractivity (Wildman–Crippen MR) is 82.1 cm³/mol. The first-order valence-electron chi connectivity index (χ1n) is 7.17. The van der Waals surface area contributed by atoms with Crippen molar-refractivity contribution in [3.8, 4) is 0 Å². The number of aliphatic carboxylic acids is 1. The molecule has 22 heavy (non-hydrogen) atoms. The van der Waals surface area contributed by atoms with Gasteiger partial charge in [0.15, 0.2) is 0 Å². The van der Waals surface area contributed by atoms with E-state index >= 15 is 0 Å². The van der Waals surface area contributed by atoms with Gasteiger partial charge in [0.25, 0.3) is 0 Å². The molecular weight excluding hydrogens is 355 g/mol. The maximum atomic E-state index is 13.7. The Bertz CT molecular complexity index is 639. The average Bonchev–Trinajstić information content (AvgIpc) is 3.00. The molecule has 2 fully saturated rings. The van der Waals surface area contributed by atoms with Crippen LogP contribution in [0, 0.1) is 17.2 Å². The highest BCUT2D eigenvalue weighted by Gasteiger charge is 2.55. The number of nitrogens with zero attached hydrogens (tertiary/aromatic N) is 1. The molecule has 1 saturated carbocycles. The van der Waals surface area contributed by atoms with Crippen LogP contribution >= 0.6 is 15.9 Å². The Balaban J connectivity index is 1.75. The molecule has 0 radical (unpaired) electrons. The van der Waals surface area contributed by atoms with E-state index in [1.165, 1.54) is 17.0 Å². The van der Waals surface area contributed by atoms with E-state index in [4.69, 9.17) is 0 Å². The van der Waals surface area contributed by atoms with Crippen molar-refractivity contribution in [1.29, 1.82) is 0 Å². The second-order valence-electron chi connectivity index (χ2n) is 5.99. The fourth-order valence-electron chi connectivity index (χ4n) is 3.58. The lowest BCUT2D eigenvalue weighted by Crippen LogP contribution is -2.38. The molecule has 1 aliphatic carbocycles. The Morgan fingerprint density at radius 3 is 2.91 bits per heavy atom. The van der Waals surface area contributed by atoms with Crippen LogP contribution in [-0.4, -0.2) is 35.1 Å². The molecule has 2 atom stereocenters. The maximum Gasteiger partial charge on any atom is 0.321 e.